The predicted octanol–water partition coefficient (Wildman–Crippen LogP) is 0.231. The Morgan fingerprint density at radius 1 is 2.00 bits per heavy atom. The van der Waals surface area contributed by atoms with E-state index in [9.17, 15) is 0 Å². The van der Waals surface area contributed by atoms with E-state index in [4.69, 9.17) is 10.2 Å². The Kier molecular flexibility index (Phi) is 3.33. The van der Waals surface area contributed by atoms with Crippen molar-refractivity contribution in [3.05, 3.63) is 4.91 Å². The van der Waals surface area contributed by atoms with Crippen LogP contribution in [-0.4, -0.2) is 0 Å². The molecule has 3 nitrogen and oxygen atoms in total. The van der Waals surface area contributed by atoms with Crippen LogP contribution in [0.1, 0.15) is 0 Å². The van der Waals surface area contributed by atoms with Crippen molar-refractivity contribution in [2.75, 3.05) is 0 Å². The molecular formula is CFeN2O. The Bertz CT molecular complexity index is 64.5. The average Bonchev–Trinajstić information content (AvgIpc) is 1.41. The fraction of sp³-hybridized carbons (Fsp3) is 0. The molecule has 0 saturated carbocycles. The van der Waals surface area contributed by atoms with Crippen LogP contribution in [0.25, 0.3) is 0 Å². The van der Waals surface area contributed by atoms with Crippen LogP contribution in [0, 0.1) is 15.1 Å². The molecular weight excluding hydrogens is 112 g/mol. The first-order valence-electron chi connectivity index (χ1n) is 0.741. The number of nitriles is 1. The van der Waals surface area contributed by atoms with Crippen LogP contribution in [0.5, 0.6) is 0 Å². The van der Waals surface area contributed by atoms with Crippen molar-refractivity contribution in [2.24, 2.45) is 4.19 Å². The molecule has 0 spiro atoms. The summed E-state index contributed by atoms with van der Waals surface area (Å²) in [6.45, 7) is 0. The fourth-order valence-electron chi connectivity index (χ4n) is 0.0144. The van der Waals surface area contributed by atoms with E-state index in [0.717, 1.165) is 0 Å². The Labute approximate surface area is 35.3 Å². The van der Waals surface area contributed by atoms with Crippen molar-refractivity contribution in [2.45, 2.75) is 0 Å². The summed E-state index contributed by atoms with van der Waals surface area (Å²) in [5.74, 6) is 0. The molecule has 0 unspecified atom stereocenters. The molecule has 5 heavy (non-hydrogen) atoms. The van der Waals surface area contributed by atoms with E-state index in [2.05, 4.69) is 4.19 Å². The second-order valence-electron chi connectivity index (χ2n) is 0.223. The summed E-state index contributed by atoms with van der Waals surface area (Å²) in [5.41, 5.74) is 0. The molecule has 0 N–H and O–H groups in total. The van der Waals surface area contributed by atoms with Gasteiger partial charge >= 0.3 is 34.5 Å². The van der Waals surface area contributed by atoms with E-state index in [1.165, 1.54) is 4.97 Å². The quantitative estimate of drug-likeness (QED) is 0.360. The van der Waals surface area contributed by atoms with Gasteiger partial charge in [-0.3, -0.25) is 0 Å². The van der Waals surface area contributed by atoms with Gasteiger partial charge in [0.2, 0.25) is 0 Å². The first-order valence-corrected chi connectivity index (χ1v) is 1.79. The molecule has 0 heterocycles. The number of nitrogens with zero attached hydrogens (tertiary/aromatic N) is 2. The van der Waals surface area contributed by atoms with Gasteiger partial charge in [0.25, 0.3) is 0 Å². The summed E-state index contributed by atoms with van der Waals surface area (Å²) in [6, 6.07) is 0. The molecule has 4 heteroatoms. The van der Waals surface area contributed by atoms with Crippen molar-refractivity contribution < 1.29 is 15.2 Å². The van der Waals surface area contributed by atoms with Crippen LogP contribution in [0.2, 0.25) is 0 Å². The minimum atomic E-state index is -0.236. The first kappa shape index (κ1) is 4.61. The van der Waals surface area contributed by atoms with Gasteiger partial charge < -0.3 is 0 Å². The normalized spacial score (nSPS) is 6.20. The zero-order chi connectivity index (χ0) is 4.12. The summed E-state index contributed by atoms with van der Waals surface area (Å²) in [4.78, 5) is 10.5. The fourth-order valence-corrected chi connectivity index (χ4v) is 0.0595. The van der Waals surface area contributed by atoms with E-state index < -0.39 is 0 Å². The molecule has 0 amide bonds. The molecule has 28 valence electrons. The Balaban J connectivity index is 2.75. The van der Waals surface area contributed by atoms with Crippen LogP contribution < -0.4 is 0 Å². The van der Waals surface area contributed by atoms with Crippen molar-refractivity contribution in [3.63, 3.8) is 0 Å². The summed E-state index contributed by atoms with van der Waals surface area (Å²) >= 11 is -0.236. The predicted molar refractivity (Wildman–Crippen MR) is 11.4 cm³/mol. The van der Waals surface area contributed by atoms with Crippen LogP contribution in [0.4, 0.5) is 0 Å². The molecule has 0 rings (SSSR count). The van der Waals surface area contributed by atoms with E-state index in [-0.39, 0.29) is 15.2 Å². The monoisotopic (exact) mass is 112 g/mol. The minimum absolute atomic E-state index is 0.236. The third kappa shape index (κ3) is 3.61. The van der Waals surface area contributed by atoms with Gasteiger partial charge in [-0.2, -0.15) is 0 Å². The summed E-state index contributed by atoms with van der Waals surface area (Å²) in [7, 11) is 0. The van der Waals surface area contributed by atoms with Gasteiger partial charge in [-0.25, -0.2) is 0 Å². The molecule has 0 aromatic rings. The summed E-state index contributed by atoms with van der Waals surface area (Å²) in [5, 5.41) is 7.52. The van der Waals surface area contributed by atoms with Gasteiger partial charge in [0.05, 0.1) is 0 Å². The Morgan fingerprint density at radius 3 is 2.60 bits per heavy atom. The molecule has 0 aliphatic rings. The number of nitroso groups, excluding NO2 is 1. The van der Waals surface area contributed by atoms with Crippen molar-refractivity contribution in [1.82, 2.24) is 0 Å². The number of hydrogen-bond donors (Lipinski definition) is 0. The molecule has 0 radical (unpaired) electrons. The van der Waals surface area contributed by atoms with Gasteiger partial charge in [0, 0.05) is 0 Å². The van der Waals surface area contributed by atoms with Gasteiger partial charge in [0.15, 0.2) is 0 Å². The van der Waals surface area contributed by atoms with Gasteiger partial charge in [-0.05, 0) is 0 Å². The van der Waals surface area contributed by atoms with E-state index in [1.54, 1.807) is 0 Å². The maximum absolute atomic E-state index is 8.93. The van der Waals surface area contributed by atoms with Gasteiger partial charge in [-0.1, -0.05) is 0 Å². The SMILES string of the molecule is N#[C][Fe][N]=O. The maximum atomic E-state index is 8.93. The van der Waals surface area contributed by atoms with Crippen molar-refractivity contribution in [1.29, 1.82) is 5.26 Å². The van der Waals surface area contributed by atoms with Crippen LogP contribution in [0.15, 0.2) is 4.19 Å². The van der Waals surface area contributed by atoms with E-state index in [1.807, 2.05) is 0 Å². The van der Waals surface area contributed by atoms with Crippen molar-refractivity contribution in [3.8, 4) is 4.97 Å². The second kappa shape index (κ2) is 3.61. The second-order valence-corrected chi connectivity index (χ2v) is 0.918. The molecule has 0 aliphatic heterocycles. The third-order valence-electron chi connectivity index (χ3n) is 0.0676. The van der Waals surface area contributed by atoms with E-state index >= 15 is 0 Å². The molecule has 0 bridgehead atoms. The van der Waals surface area contributed by atoms with E-state index in [0.29, 0.717) is 0 Å². The van der Waals surface area contributed by atoms with Crippen LogP contribution >= 0.6 is 0 Å². The van der Waals surface area contributed by atoms with Crippen molar-refractivity contribution >= 4 is 0 Å². The standard InChI is InChI=1S/CN.Fe.NO/c1-2;;1-2/q;+1;-1. The molecule has 0 saturated heterocycles. The van der Waals surface area contributed by atoms with Gasteiger partial charge in [-0.15, -0.1) is 0 Å². The third-order valence-corrected chi connectivity index (χ3v) is 0.279. The molecule has 0 aromatic carbocycles. The molecule has 0 fully saturated rings. The molecule has 0 aliphatic carbocycles. The molecule has 0 atom stereocenters. The zero-order valence-corrected chi connectivity index (χ0v) is 3.26. The van der Waals surface area contributed by atoms with Crippen LogP contribution in [0.3, 0.4) is 0 Å². The number of rotatable bonds is 1. The zero-order valence-electron chi connectivity index (χ0n) is 2.16. The Morgan fingerprint density at radius 2 is 2.60 bits per heavy atom. The van der Waals surface area contributed by atoms with Gasteiger partial charge in [0.1, 0.15) is 0 Å². The Hall–Kier alpha value is -0.391. The topological polar surface area (TPSA) is 53.2 Å². The van der Waals surface area contributed by atoms with Crippen LogP contribution in [-0.2, 0) is 15.2 Å². The first-order chi connectivity index (χ1) is 2.41. The average molecular weight is 112 g/mol. The molecule has 0 aromatic heterocycles. The number of hydrogen-bond acceptors (Lipinski definition) is 3. The summed E-state index contributed by atoms with van der Waals surface area (Å²) < 4.78 is 2.24. The summed E-state index contributed by atoms with van der Waals surface area (Å²) in [6.07, 6.45) is 0.